The molecule has 0 bridgehead atoms. The molecule has 0 fully saturated rings. The van der Waals surface area contributed by atoms with Gasteiger partial charge < -0.3 is 16.5 Å². The molecule has 0 radical (unpaired) electrons. The van der Waals surface area contributed by atoms with E-state index >= 15 is 0 Å². The number of nitrogens with one attached hydrogen (secondary N) is 1. The second-order valence-corrected chi connectivity index (χ2v) is 3.50. The summed E-state index contributed by atoms with van der Waals surface area (Å²) >= 11 is 0. The summed E-state index contributed by atoms with van der Waals surface area (Å²) in [5.74, 6) is -1.92. The molecule has 0 aliphatic rings. The summed E-state index contributed by atoms with van der Waals surface area (Å²) in [6.45, 7) is 0. The number of H-pyrrole nitrogens is 1. The van der Waals surface area contributed by atoms with Gasteiger partial charge in [0.15, 0.2) is 0 Å². The van der Waals surface area contributed by atoms with E-state index in [1.54, 1.807) is 0 Å². The first kappa shape index (κ1) is 11.1. The van der Waals surface area contributed by atoms with Crippen LogP contribution >= 0.6 is 0 Å². The molecular weight excluding hydrogens is 228 g/mol. The van der Waals surface area contributed by atoms with Gasteiger partial charge in [-0.2, -0.15) is 0 Å². The number of halogens is 2. The van der Waals surface area contributed by atoms with Crippen LogP contribution in [0, 0.1) is 11.6 Å². The van der Waals surface area contributed by atoms with Gasteiger partial charge in [-0.15, -0.1) is 0 Å². The van der Waals surface area contributed by atoms with Crippen molar-refractivity contribution in [2.45, 2.75) is 0 Å². The van der Waals surface area contributed by atoms with Crippen molar-refractivity contribution in [2.75, 3.05) is 5.73 Å². The van der Waals surface area contributed by atoms with Crippen molar-refractivity contribution in [3.05, 3.63) is 41.5 Å². The van der Waals surface area contributed by atoms with Crippen molar-refractivity contribution in [2.24, 2.45) is 5.73 Å². The van der Waals surface area contributed by atoms with Gasteiger partial charge in [0.1, 0.15) is 17.5 Å². The third kappa shape index (κ3) is 1.96. The maximum absolute atomic E-state index is 13.5. The number of amides is 1. The molecule has 2 aromatic rings. The number of hydrogen-bond donors (Lipinski definition) is 3. The average molecular weight is 237 g/mol. The molecule has 0 atom stereocenters. The first-order valence-electron chi connectivity index (χ1n) is 4.72. The minimum atomic E-state index is -0.734. The Bertz CT molecular complexity index is 592. The third-order valence-electron chi connectivity index (χ3n) is 2.33. The molecule has 0 saturated carbocycles. The van der Waals surface area contributed by atoms with Gasteiger partial charge in [-0.3, -0.25) is 4.79 Å². The summed E-state index contributed by atoms with van der Waals surface area (Å²) in [4.78, 5) is 13.6. The lowest BCUT2D eigenvalue weighted by atomic mass is 10.1. The first-order chi connectivity index (χ1) is 7.99. The fourth-order valence-electron chi connectivity index (χ4n) is 1.52. The van der Waals surface area contributed by atoms with Gasteiger partial charge in [-0.1, -0.05) is 0 Å². The topological polar surface area (TPSA) is 84.9 Å². The lowest BCUT2D eigenvalue weighted by Gasteiger charge is -2.00. The van der Waals surface area contributed by atoms with Gasteiger partial charge in [-0.05, 0) is 24.3 Å². The van der Waals surface area contributed by atoms with Crippen LogP contribution in [0.1, 0.15) is 10.4 Å². The minimum absolute atomic E-state index is 0.01000. The van der Waals surface area contributed by atoms with Crippen LogP contribution in [0.15, 0.2) is 24.3 Å². The Morgan fingerprint density at radius 1 is 1.24 bits per heavy atom. The van der Waals surface area contributed by atoms with Gasteiger partial charge in [0.25, 0.3) is 5.91 Å². The van der Waals surface area contributed by atoms with Crippen LogP contribution in [-0.2, 0) is 0 Å². The zero-order chi connectivity index (χ0) is 12.6. The van der Waals surface area contributed by atoms with E-state index in [1.807, 2.05) is 0 Å². The van der Waals surface area contributed by atoms with Crippen molar-refractivity contribution >= 4 is 11.7 Å². The number of carbonyl (C=O) groups is 1. The Morgan fingerprint density at radius 2 is 1.94 bits per heavy atom. The molecule has 0 spiro atoms. The van der Waals surface area contributed by atoms with Gasteiger partial charge in [0.05, 0.1) is 11.3 Å². The number of aromatic amines is 1. The molecule has 4 nitrogen and oxygen atoms in total. The van der Waals surface area contributed by atoms with Crippen LogP contribution in [0.25, 0.3) is 11.3 Å². The quantitative estimate of drug-likeness (QED) is 0.741. The molecule has 1 aromatic heterocycles. The number of primary amides is 1. The van der Waals surface area contributed by atoms with Crippen LogP contribution in [0.2, 0.25) is 0 Å². The summed E-state index contributed by atoms with van der Waals surface area (Å²) in [7, 11) is 0. The lowest BCUT2D eigenvalue weighted by Crippen LogP contribution is -2.11. The molecule has 6 heteroatoms. The highest BCUT2D eigenvalue weighted by Crippen LogP contribution is 2.26. The van der Waals surface area contributed by atoms with Crippen LogP contribution in [-0.4, -0.2) is 10.9 Å². The van der Waals surface area contributed by atoms with Crippen molar-refractivity contribution in [1.29, 1.82) is 0 Å². The summed E-state index contributed by atoms with van der Waals surface area (Å²) in [5.41, 5.74) is 10.8. The molecule has 1 aromatic carbocycles. The van der Waals surface area contributed by atoms with E-state index in [0.29, 0.717) is 0 Å². The van der Waals surface area contributed by atoms with E-state index in [-0.39, 0.29) is 22.6 Å². The summed E-state index contributed by atoms with van der Waals surface area (Å²) in [6, 6.07) is 4.28. The predicted molar refractivity (Wildman–Crippen MR) is 59.1 cm³/mol. The van der Waals surface area contributed by atoms with Crippen molar-refractivity contribution in [1.82, 2.24) is 4.98 Å². The lowest BCUT2D eigenvalue weighted by molar-refractivity contribution is 0.100. The van der Waals surface area contributed by atoms with Crippen LogP contribution < -0.4 is 11.5 Å². The van der Waals surface area contributed by atoms with E-state index in [9.17, 15) is 13.6 Å². The molecule has 0 aliphatic carbocycles. The maximum Gasteiger partial charge on any atom is 0.252 e. The molecule has 5 N–H and O–H groups in total. The van der Waals surface area contributed by atoms with Gasteiger partial charge in [0, 0.05) is 5.56 Å². The van der Waals surface area contributed by atoms with Gasteiger partial charge >= 0.3 is 0 Å². The Labute approximate surface area is 95.2 Å². The van der Waals surface area contributed by atoms with Crippen molar-refractivity contribution < 1.29 is 13.6 Å². The molecule has 0 aliphatic heterocycles. The largest absolute Gasteiger partial charge is 0.385 e. The molecule has 1 amide bonds. The van der Waals surface area contributed by atoms with Crippen LogP contribution in [0.5, 0.6) is 0 Å². The standard InChI is InChI=1S/C11H9F2N3O/c12-5-1-2-8(13)6(3-5)9-4-7(11(15)17)10(14)16-9/h1-4,16H,14H2,(H2,15,17). The number of nitrogen functional groups attached to an aromatic ring is 1. The van der Waals surface area contributed by atoms with Crippen molar-refractivity contribution in [3.63, 3.8) is 0 Å². The second kappa shape index (κ2) is 3.89. The molecule has 0 saturated heterocycles. The highest BCUT2D eigenvalue weighted by atomic mass is 19.1. The monoisotopic (exact) mass is 237 g/mol. The number of rotatable bonds is 2. The zero-order valence-electron chi connectivity index (χ0n) is 8.63. The minimum Gasteiger partial charge on any atom is -0.385 e. The Hall–Kier alpha value is -2.37. The zero-order valence-corrected chi connectivity index (χ0v) is 8.63. The van der Waals surface area contributed by atoms with Gasteiger partial charge in [-0.25, -0.2) is 8.78 Å². The highest BCUT2D eigenvalue weighted by Gasteiger charge is 2.14. The molecule has 88 valence electrons. The van der Waals surface area contributed by atoms with Crippen LogP contribution in [0.3, 0.4) is 0 Å². The fourth-order valence-corrected chi connectivity index (χ4v) is 1.52. The average Bonchev–Trinajstić information content (AvgIpc) is 2.64. The van der Waals surface area contributed by atoms with E-state index in [1.165, 1.54) is 6.07 Å². The maximum atomic E-state index is 13.5. The van der Waals surface area contributed by atoms with Gasteiger partial charge in [0.2, 0.25) is 0 Å². The second-order valence-electron chi connectivity index (χ2n) is 3.50. The predicted octanol–water partition coefficient (Wildman–Crippen LogP) is 1.64. The number of anilines is 1. The normalized spacial score (nSPS) is 10.5. The highest BCUT2D eigenvalue weighted by molar-refractivity contribution is 5.99. The Kier molecular flexibility index (Phi) is 2.55. The SMILES string of the molecule is NC(=O)c1cc(-c2cc(F)ccc2F)[nH]c1N. The molecule has 0 unspecified atom stereocenters. The van der Waals surface area contributed by atoms with Crippen LogP contribution in [0.4, 0.5) is 14.6 Å². The van der Waals surface area contributed by atoms with E-state index in [4.69, 9.17) is 11.5 Å². The summed E-state index contributed by atoms with van der Waals surface area (Å²) in [6.07, 6.45) is 0. The Morgan fingerprint density at radius 3 is 2.53 bits per heavy atom. The number of hydrogen-bond acceptors (Lipinski definition) is 2. The van der Waals surface area contributed by atoms with Crippen molar-refractivity contribution in [3.8, 4) is 11.3 Å². The Balaban J connectivity index is 2.57. The number of benzene rings is 1. The number of carbonyl (C=O) groups excluding carboxylic acids is 1. The molecule has 2 rings (SSSR count). The first-order valence-corrected chi connectivity index (χ1v) is 4.72. The molecular formula is C11H9F2N3O. The third-order valence-corrected chi connectivity index (χ3v) is 2.33. The van der Waals surface area contributed by atoms with E-state index < -0.39 is 17.5 Å². The number of aromatic nitrogens is 1. The summed E-state index contributed by atoms with van der Waals surface area (Å²) < 4.78 is 26.4. The van der Waals surface area contributed by atoms with E-state index in [0.717, 1.165) is 18.2 Å². The fraction of sp³-hybridized carbons (Fsp3) is 0. The smallest absolute Gasteiger partial charge is 0.252 e. The number of nitrogens with two attached hydrogens (primary N) is 2. The summed E-state index contributed by atoms with van der Waals surface area (Å²) in [5, 5.41) is 0. The van der Waals surface area contributed by atoms with E-state index in [2.05, 4.69) is 4.98 Å². The molecule has 1 heterocycles. The molecule has 17 heavy (non-hydrogen) atoms.